The Morgan fingerprint density at radius 2 is 2.30 bits per heavy atom. The summed E-state index contributed by atoms with van der Waals surface area (Å²) >= 11 is 0. The number of nitrogens with one attached hydrogen (secondary N) is 1. The van der Waals surface area contributed by atoms with E-state index in [2.05, 4.69) is 34.2 Å². The molecule has 108 valence electrons. The van der Waals surface area contributed by atoms with E-state index in [4.69, 9.17) is 10.5 Å². The molecule has 1 fully saturated rings. The summed E-state index contributed by atoms with van der Waals surface area (Å²) in [6.45, 7) is 6.03. The van der Waals surface area contributed by atoms with Crippen molar-refractivity contribution in [1.82, 2.24) is 24.9 Å². The Balaban J connectivity index is 1.88. The van der Waals surface area contributed by atoms with Crippen molar-refractivity contribution in [3.63, 3.8) is 0 Å². The van der Waals surface area contributed by atoms with Crippen molar-refractivity contribution < 1.29 is 4.74 Å². The Morgan fingerprint density at radius 3 is 3.00 bits per heavy atom. The highest BCUT2D eigenvalue weighted by Crippen LogP contribution is 2.18. The lowest BCUT2D eigenvalue weighted by Gasteiger charge is -2.22. The van der Waals surface area contributed by atoms with E-state index >= 15 is 0 Å². The van der Waals surface area contributed by atoms with Gasteiger partial charge in [-0.1, -0.05) is 13.8 Å². The molecule has 1 saturated heterocycles. The smallest absolute Gasteiger partial charge is 0.322 e. The van der Waals surface area contributed by atoms with Crippen molar-refractivity contribution in [3.05, 3.63) is 11.8 Å². The van der Waals surface area contributed by atoms with Gasteiger partial charge in [-0.05, 0) is 25.3 Å². The molecular weight excluding hydrogens is 256 g/mol. The van der Waals surface area contributed by atoms with Crippen LogP contribution in [-0.2, 0) is 0 Å². The van der Waals surface area contributed by atoms with Crippen molar-refractivity contribution >= 4 is 11.6 Å². The zero-order chi connectivity index (χ0) is 14.1. The van der Waals surface area contributed by atoms with Crippen molar-refractivity contribution in [2.24, 2.45) is 0 Å². The minimum atomic E-state index is 0.109. The van der Waals surface area contributed by atoms with Crippen LogP contribution in [0.4, 0.5) is 5.95 Å². The van der Waals surface area contributed by atoms with E-state index in [1.54, 1.807) is 4.52 Å². The molecule has 0 aliphatic carbocycles. The van der Waals surface area contributed by atoms with E-state index in [1.807, 2.05) is 6.07 Å². The largest absolute Gasteiger partial charge is 0.459 e. The molecule has 3 N–H and O–H groups in total. The number of ether oxygens (including phenoxy) is 1. The molecule has 0 unspecified atom stereocenters. The Labute approximate surface area is 117 Å². The lowest BCUT2D eigenvalue weighted by Crippen LogP contribution is -2.37. The molecule has 20 heavy (non-hydrogen) atoms. The zero-order valence-electron chi connectivity index (χ0n) is 11.8. The molecular formula is C13H20N6O. The number of fused-ring (bicyclic) bond motifs is 1. The molecule has 3 rings (SSSR count). The Hall–Kier alpha value is -1.89. The van der Waals surface area contributed by atoms with Crippen molar-refractivity contribution in [2.75, 3.05) is 18.8 Å². The number of aromatic nitrogens is 4. The summed E-state index contributed by atoms with van der Waals surface area (Å²) in [6, 6.07) is 2.26. The van der Waals surface area contributed by atoms with Gasteiger partial charge in [0.2, 0.25) is 5.95 Å². The molecule has 0 spiro atoms. The topological polar surface area (TPSA) is 90.4 Å². The molecule has 0 saturated carbocycles. The summed E-state index contributed by atoms with van der Waals surface area (Å²) in [7, 11) is 0. The van der Waals surface area contributed by atoms with Crippen LogP contribution in [0.15, 0.2) is 6.07 Å². The zero-order valence-corrected chi connectivity index (χ0v) is 11.8. The SMILES string of the molecule is CC(C)c1cc2nc(O[C@@H]3CCCNC3)nc(N)n2n1. The van der Waals surface area contributed by atoms with E-state index in [1.165, 1.54) is 0 Å². The van der Waals surface area contributed by atoms with Gasteiger partial charge in [0.15, 0.2) is 5.65 Å². The van der Waals surface area contributed by atoms with Crippen molar-refractivity contribution in [1.29, 1.82) is 0 Å². The van der Waals surface area contributed by atoms with Gasteiger partial charge in [0, 0.05) is 12.6 Å². The summed E-state index contributed by atoms with van der Waals surface area (Å²) in [5.41, 5.74) is 7.56. The summed E-state index contributed by atoms with van der Waals surface area (Å²) in [5, 5.41) is 7.69. The molecule has 2 aromatic rings. The molecule has 2 aromatic heterocycles. The van der Waals surface area contributed by atoms with Gasteiger partial charge in [-0.3, -0.25) is 0 Å². The first-order valence-corrected chi connectivity index (χ1v) is 7.04. The van der Waals surface area contributed by atoms with Gasteiger partial charge in [-0.2, -0.15) is 19.6 Å². The van der Waals surface area contributed by atoms with E-state index in [0.29, 0.717) is 23.5 Å². The first-order valence-electron chi connectivity index (χ1n) is 7.04. The fourth-order valence-electron chi connectivity index (χ4n) is 2.31. The third kappa shape index (κ3) is 2.53. The van der Waals surface area contributed by atoms with Crippen LogP contribution >= 0.6 is 0 Å². The van der Waals surface area contributed by atoms with E-state index < -0.39 is 0 Å². The lowest BCUT2D eigenvalue weighted by molar-refractivity contribution is 0.153. The summed E-state index contributed by atoms with van der Waals surface area (Å²) in [5.74, 6) is 0.628. The Morgan fingerprint density at radius 1 is 1.45 bits per heavy atom. The normalized spacial score (nSPS) is 19.6. The third-order valence-electron chi connectivity index (χ3n) is 3.46. The fraction of sp³-hybridized carbons (Fsp3) is 0.615. The molecule has 0 radical (unpaired) electrons. The average molecular weight is 276 g/mol. The van der Waals surface area contributed by atoms with Crippen LogP contribution in [-0.4, -0.2) is 38.8 Å². The predicted octanol–water partition coefficient (Wildman–Crippen LogP) is 0.961. The maximum absolute atomic E-state index is 5.93. The molecule has 7 heteroatoms. The summed E-state index contributed by atoms with van der Waals surface area (Å²) in [4.78, 5) is 8.58. The van der Waals surface area contributed by atoms with E-state index in [0.717, 1.165) is 31.6 Å². The van der Waals surface area contributed by atoms with E-state index in [-0.39, 0.29) is 6.10 Å². The molecule has 0 aromatic carbocycles. The number of rotatable bonds is 3. The molecule has 0 amide bonds. The number of anilines is 1. The molecule has 1 aliphatic heterocycles. The monoisotopic (exact) mass is 276 g/mol. The van der Waals surface area contributed by atoms with Gasteiger partial charge in [-0.25, -0.2) is 0 Å². The first-order chi connectivity index (χ1) is 9.63. The number of nitrogens with two attached hydrogens (primary N) is 1. The lowest BCUT2D eigenvalue weighted by atomic mass is 10.1. The van der Waals surface area contributed by atoms with Crippen LogP contribution in [0.1, 0.15) is 38.3 Å². The molecule has 3 heterocycles. The molecule has 7 nitrogen and oxygen atoms in total. The van der Waals surface area contributed by atoms with Crippen molar-refractivity contribution in [2.45, 2.75) is 38.7 Å². The van der Waals surface area contributed by atoms with Gasteiger partial charge in [0.25, 0.3) is 0 Å². The number of nitrogen functional groups attached to an aromatic ring is 1. The maximum Gasteiger partial charge on any atom is 0.322 e. The van der Waals surface area contributed by atoms with Crippen molar-refractivity contribution in [3.8, 4) is 6.01 Å². The molecule has 1 atom stereocenters. The number of hydrogen-bond acceptors (Lipinski definition) is 6. The number of nitrogens with zero attached hydrogens (tertiary/aromatic N) is 4. The Kier molecular flexibility index (Phi) is 3.43. The Bertz CT molecular complexity index is 602. The second kappa shape index (κ2) is 5.24. The summed E-state index contributed by atoms with van der Waals surface area (Å²) in [6.07, 6.45) is 2.22. The quantitative estimate of drug-likeness (QED) is 0.868. The van der Waals surface area contributed by atoms with Crippen LogP contribution in [0.5, 0.6) is 6.01 Å². The minimum absolute atomic E-state index is 0.109. The maximum atomic E-state index is 5.93. The third-order valence-corrected chi connectivity index (χ3v) is 3.46. The number of piperidine rings is 1. The first kappa shape index (κ1) is 13.1. The standard InChI is InChI=1S/C13H20N6O/c1-8(2)10-6-11-16-13(17-12(14)19(11)18-10)20-9-4-3-5-15-7-9/h6,8-9,15H,3-5,7H2,1-2H3,(H2,14,16,17)/t9-/m1/s1. The highest BCUT2D eigenvalue weighted by molar-refractivity contribution is 5.45. The summed E-state index contributed by atoms with van der Waals surface area (Å²) < 4.78 is 7.36. The van der Waals surface area contributed by atoms with Crippen LogP contribution in [0, 0.1) is 0 Å². The van der Waals surface area contributed by atoms with E-state index in [9.17, 15) is 0 Å². The van der Waals surface area contributed by atoms with Crippen LogP contribution in [0.3, 0.4) is 0 Å². The second-order valence-electron chi connectivity index (χ2n) is 5.44. The highest BCUT2D eigenvalue weighted by atomic mass is 16.5. The highest BCUT2D eigenvalue weighted by Gasteiger charge is 2.17. The number of hydrogen-bond donors (Lipinski definition) is 2. The second-order valence-corrected chi connectivity index (χ2v) is 5.44. The predicted molar refractivity (Wildman–Crippen MR) is 75.8 cm³/mol. The van der Waals surface area contributed by atoms with Crippen LogP contribution in [0.2, 0.25) is 0 Å². The molecule has 1 aliphatic rings. The van der Waals surface area contributed by atoms with Gasteiger partial charge >= 0.3 is 6.01 Å². The minimum Gasteiger partial charge on any atom is -0.459 e. The van der Waals surface area contributed by atoms with Gasteiger partial charge in [0.1, 0.15) is 6.10 Å². The average Bonchev–Trinajstić information content (AvgIpc) is 2.84. The fourth-order valence-corrected chi connectivity index (χ4v) is 2.31. The van der Waals surface area contributed by atoms with Crippen LogP contribution < -0.4 is 15.8 Å². The van der Waals surface area contributed by atoms with Gasteiger partial charge in [0.05, 0.1) is 5.69 Å². The molecule has 0 bridgehead atoms. The van der Waals surface area contributed by atoms with Gasteiger partial charge in [-0.15, -0.1) is 0 Å². The van der Waals surface area contributed by atoms with Gasteiger partial charge < -0.3 is 15.8 Å². The van der Waals surface area contributed by atoms with Crippen LogP contribution in [0.25, 0.3) is 5.65 Å².